The van der Waals surface area contributed by atoms with Crippen LogP contribution in [0.2, 0.25) is 0 Å². The van der Waals surface area contributed by atoms with Crippen molar-refractivity contribution in [3.63, 3.8) is 0 Å². The quantitative estimate of drug-likeness (QED) is 0.515. The Morgan fingerprint density at radius 3 is 2.50 bits per heavy atom. The number of halogens is 1. The lowest BCUT2D eigenvalue weighted by atomic mass is 10.1. The highest BCUT2D eigenvalue weighted by Crippen LogP contribution is 2.08. The molecule has 0 aliphatic rings. The molecule has 0 spiro atoms. The first kappa shape index (κ1) is 8.18. The highest BCUT2D eigenvalue weighted by molar-refractivity contribution is 9.09. The van der Waals surface area contributed by atoms with E-state index in [4.69, 9.17) is 5.11 Å². The molecule has 1 atom stereocenters. The normalized spacial score (nSPS) is 13.4. The number of rotatable bonds is 3. The van der Waals surface area contributed by atoms with E-state index in [-0.39, 0.29) is 12.5 Å². The van der Waals surface area contributed by atoms with Gasteiger partial charge in [0.05, 0.1) is 0 Å². The van der Waals surface area contributed by atoms with Gasteiger partial charge in [0.1, 0.15) is 0 Å². The van der Waals surface area contributed by atoms with Crippen LogP contribution in [0.5, 0.6) is 0 Å². The van der Waals surface area contributed by atoms with Crippen LogP contribution in [0.15, 0.2) is 12.2 Å². The second kappa shape index (κ2) is 4.10. The van der Waals surface area contributed by atoms with E-state index >= 15 is 0 Å². The van der Waals surface area contributed by atoms with Gasteiger partial charge < -0.3 is 5.11 Å². The maximum atomic E-state index is 8.55. The standard InChI is InChI=1S/C6H11BrO/c1-5(3-7)6(2)4-8/h6,8H,1,3-4H2,2H3. The fourth-order valence-electron chi connectivity index (χ4n) is 0.261. The molecule has 0 aliphatic carbocycles. The van der Waals surface area contributed by atoms with Crippen molar-refractivity contribution in [2.24, 2.45) is 5.92 Å². The van der Waals surface area contributed by atoms with E-state index in [0.29, 0.717) is 0 Å². The molecule has 0 aromatic rings. The smallest absolute Gasteiger partial charge is 0.0494 e. The molecule has 1 unspecified atom stereocenters. The van der Waals surface area contributed by atoms with Gasteiger partial charge in [0.25, 0.3) is 0 Å². The summed E-state index contributed by atoms with van der Waals surface area (Å²) in [6.07, 6.45) is 0. The van der Waals surface area contributed by atoms with Gasteiger partial charge in [0.15, 0.2) is 0 Å². The van der Waals surface area contributed by atoms with Crippen molar-refractivity contribution in [1.82, 2.24) is 0 Å². The maximum absolute atomic E-state index is 8.55. The van der Waals surface area contributed by atoms with E-state index in [1.165, 1.54) is 0 Å². The Kier molecular flexibility index (Phi) is 4.19. The van der Waals surface area contributed by atoms with Gasteiger partial charge in [0.2, 0.25) is 0 Å². The summed E-state index contributed by atoms with van der Waals surface area (Å²) in [4.78, 5) is 0. The van der Waals surface area contributed by atoms with Crippen LogP contribution in [-0.2, 0) is 0 Å². The minimum atomic E-state index is 0.199. The number of aliphatic hydroxyl groups excluding tert-OH is 1. The van der Waals surface area contributed by atoms with E-state index in [0.717, 1.165) is 10.9 Å². The van der Waals surface area contributed by atoms with Crippen molar-refractivity contribution in [2.45, 2.75) is 6.92 Å². The fourth-order valence-corrected chi connectivity index (χ4v) is 0.813. The van der Waals surface area contributed by atoms with Crippen molar-refractivity contribution >= 4 is 15.9 Å². The van der Waals surface area contributed by atoms with Crippen molar-refractivity contribution in [2.75, 3.05) is 11.9 Å². The molecule has 0 amide bonds. The van der Waals surface area contributed by atoms with Crippen molar-refractivity contribution in [3.05, 3.63) is 12.2 Å². The highest BCUT2D eigenvalue weighted by atomic mass is 79.9. The fraction of sp³-hybridized carbons (Fsp3) is 0.667. The average Bonchev–Trinajstić information content (AvgIpc) is 1.84. The SMILES string of the molecule is C=C(CBr)C(C)CO. The van der Waals surface area contributed by atoms with Crippen molar-refractivity contribution < 1.29 is 5.11 Å². The Bertz CT molecular complexity index is 80.6. The van der Waals surface area contributed by atoms with Gasteiger partial charge >= 0.3 is 0 Å². The molecule has 1 nitrogen and oxygen atoms in total. The molecule has 0 fully saturated rings. The van der Waals surface area contributed by atoms with Crippen LogP contribution in [0.4, 0.5) is 0 Å². The van der Waals surface area contributed by atoms with Gasteiger partial charge in [-0.1, -0.05) is 35.0 Å². The summed E-state index contributed by atoms with van der Waals surface area (Å²) >= 11 is 3.25. The Morgan fingerprint density at radius 2 is 2.38 bits per heavy atom. The highest BCUT2D eigenvalue weighted by Gasteiger charge is 2.01. The molecule has 1 N–H and O–H groups in total. The van der Waals surface area contributed by atoms with E-state index in [1.54, 1.807) is 0 Å². The van der Waals surface area contributed by atoms with Gasteiger partial charge in [-0.2, -0.15) is 0 Å². The van der Waals surface area contributed by atoms with E-state index in [1.807, 2.05) is 6.92 Å². The van der Waals surface area contributed by atoms with Crippen LogP contribution < -0.4 is 0 Å². The molecule has 2 heteroatoms. The maximum Gasteiger partial charge on any atom is 0.0494 e. The zero-order chi connectivity index (χ0) is 6.57. The van der Waals surface area contributed by atoms with Crippen LogP contribution >= 0.6 is 15.9 Å². The Hall–Kier alpha value is 0.180. The molecule has 0 saturated carbocycles. The van der Waals surface area contributed by atoms with Gasteiger partial charge in [0, 0.05) is 17.9 Å². The van der Waals surface area contributed by atoms with E-state index in [2.05, 4.69) is 22.5 Å². The first-order valence-corrected chi connectivity index (χ1v) is 3.69. The van der Waals surface area contributed by atoms with Gasteiger partial charge in [-0.25, -0.2) is 0 Å². The average molecular weight is 179 g/mol. The minimum absolute atomic E-state index is 0.199. The number of aliphatic hydroxyl groups is 1. The topological polar surface area (TPSA) is 20.2 Å². The second-order valence-corrected chi connectivity index (χ2v) is 2.44. The van der Waals surface area contributed by atoms with Gasteiger partial charge in [-0.3, -0.25) is 0 Å². The first-order valence-electron chi connectivity index (χ1n) is 2.56. The number of hydrogen-bond acceptors (Lipinski definition) is 1. The molecule has 0 heterocycles. The van der Waals surface area contributed by atoms with Crippen LogP contribution in [-0.4, -0.2) is 17.0 Å². The first-order chi connectivity index (χ1) is 3.72. The second-order valence-electron chi connectivity index (χ2n) is 1.88. The Morgan fingerprint density at radius 1 is 1.88 bits per heavy atom. The molecule has 0 rings (SSSR count). The minimum Gasteiger partial charge on any atom is -0.396 e. The monoisotopic (exact) mass is 178 g/mol. The summed E-state index contributed by atoms with van der Waals surface area (Å²) in [5.41, 5.74) is 1.05. The number of hydrogen-bond donors (Lipinski definition) is 1. The van der Waals surface area contributed by atoms with Crippen molar-refractivity contribution in [1.29, 1.82) is 0 Å². The molecule has 0 radical (unpaired) electrons. The van der Waals surface area contributed by atoms with E-state index in [9.17, 15) is 0 Å². The molecular weight excluding hydrogens is 168 g/mol. The largest absolute Gasteiger partial charge is 0.396 e. The van der Waals surface area contributed by atoms with E-state index < -0.39 is 0 Å². The zero-order valence-corrected chi connectivity index (χ0v) is 6.61. The van der Waals surface area contributed by atoms with Crippen LogP contribution in [0.1, 0.15) is 6.92 Å². The number of alkyl halides is 1. The lowest BCUT2D eigenvalue weighted by molar-refractivity contribution is 0.256. The van der Waals surface area contributed by atoms with Gasteiger partial charge in [-0.15, -0.1) is 0 Å². The summed E-state index contributed by atoms with van der Waals surface area (Å²) in [6.45, 7) is 5.88. The molecule has 0 aliphatic heterocycles. The molecule has 0 aromatic heterocycles. The van der Waals surface area contributed by atoms with Crippen LogP contribution in [0, 0.1) is 5.92 Å². The summed E-state index contributed by atoms with van der Waals surface area (Å²) in [5.74, 6) is 0.231. The predicted molar refractivity (Wildman–Crippen MR) is 39.2 cm³/mol. The molecule has 8 heavy (non-hydrogen) atoms. The van der Waals surface area contributed by atoms with Gasteiger partial charge in [-0.05, 0) is 0 Å². The zero-order valence-electron chi connectivity index (χ0n) is 5.02. The summed E-state index contributed by atoms with van der Waals surface area (Å²) in [6, 6.07) is 0. The summed E-state index contributed by atoms with van der Waals surface area (Å²) < 4.78 is 0. The van der Waals surface area contributed by atoms with Crippen molar-refractivity contribution in [3.8, 4) is 0 Å². The lowest BCUT2D eigenvalue weighted by Gasteiger charge is -2.06. The van der Waals surface area contributed by atoms with Crippen LogP contribution in [0.25, 0.3) is 0 Å². The summed E-state index contributed by atoms with van der Waals surface area (Å²) in [7, 11) is 0. The third-order valence-electron chi connectivity index (χ3n) is 1.14. The molecule has 0 aromatic carbocycles. The molecular formula is C6H11BrO. The lowest BCUT2D eigenvalue weighted by Crippen LogP contribution is -2.03. The molecule has 0 bridgehead atoms. The third kappa shape index (κ3) is 2.48. The molecule has 0 saturated heterocycles. The Labute approximate surface area is 58.5 Å². The predicted octanol–water partition coefficient (Wildman–Crippen LogP) is 1.57. The molecule has 48 valence electrons. The van der Waals surface area contributed by atoms with Crippen LogP contribution in [0.3, 0.4) is 0 Å². The third-order valence-corrected chi connectivity index (χ3v) is 1.86. The summed E-state index contributed by atoms with van der Waals surface area (Å²) in [5, 5.41) is 9.34. The Balaban J connectivity index is 3.46.